The minimum absolute atomic E-state index is 0.248. The number of phenolic OH excluding ortho intramolecular Hbond substituents is 1. The lowest BCUT2D eigenvalue weighted by atomic mass is 9.55. The van der Waals surface area contributed by atoms with Crippen LogP contribution in [-0.2, 0) is 30.3 Å². The highest BCUT2D eigenvalue weighted by Gasteiger charge is 2.56. The zero-order valence-electron chi connectivity index (χ0n) is 23.6. The number of carbonyl (C=O) groups is 3. The first-order valence-electron chi connectivity index (χ1n) is 14.6. The number of hydrogen-bond acceptors (Lipinski definition) is 9. The van der Waals surface area contributed by atoms with Crippen LogP contribution >= 0.6 is 0 Å². The van der Waals surface area contributed by atoms with Crippen molar-refractivity contribution in [2.75, 3.05) is 7.11 Å². The molecule has 0 saturated heterocycles. The standard InChI is InChI=1S/C30H42N2O9/c1-30-12-11-17-16-6-4-15(33)13-14(16)3-5-18(17)19(30)7-10-22(30)41-29(39)26(36)25(35)28(38)32-20-8-9-21(40-2)23(24(20)34)27(31)37/h4,6,13,17-26,33-36H,3,5,7-12H2,1-2H3,(H2,31,37)(H,32,38). The van der Waals surface area contributed by atoms with Gasteiger partial charge in [-0.25, -0.2) is 4.79 Å². The van der Waals surface area contributed by atoms with E-state index in [0.717, 1.165) is 32.1 Å². The van der Waals surface area contributed by atoms with Crippen LogP contribution in [0.5, 0.6) is 5.75 Å². The average Bonchev–Trinajstić information content (AvgIpc) is 3.28. The molecule has 3 fully saturated rings. The molecule has 226 valence electrons. The molecular formula is C30H42N2O9. The van der Waals surface area contributed by atoms with Gasteiger partial charge >= 0.3 is 5.97 Å². The number of aryl methyl sites for hydroxylation is 1. The Kier molecular flexibility index (Phi) is 8.35. The number of aromatic hydroxyl groups is 1. The molecule has 4 aliphatic rings. The largest absolute Gasteiger partial charge is 0.508 e. The van der Waals surface area contributed by atoms with Crippen molar-refractivity contribution in [2.24, 2.45) is 28.9 Å². The molecule has 0 aliphatic heterocycles. The molecule has 0 radical (unpaired) electrons. The van der Waals surface area contributed by atoms with Crippen LogP contribution in [0.2, 0.25) is 0 Å². The number of phenols is 1. The highest BCUT2D eigenvalue weighted by atomic mass is 16.6. The summed E-state index contributed by atoms with van der Waals surface area (Å²) < 4.78 is 11.0. The number of nitrogens with one attached hydrogen (secondary N) is 1. The first kappa shape index (κ1) is 29.8. The predicted molar refractivity (Wildman–Crippen MR) is 145 cm³/mol. The van der Waals surface area contributed by atoms with E-state index in [4.69, 9.17) is 15.2 Å². The molecule has 0 heterocycles. The molecule has 11 atom stereocenters. The number of ether oxygens (including phenoxy) is 2. The third-order valence-electron chi connectivity index (χ3n) is 10.6. The number of amides is 2. The second kappa shape index (κ2) is 11.5. The number of aliphatic hydroxyl groups is 3. The number of esters is 1. The lowest BCUT2D eigenvalue weighted by Crippen LogP contribution is -2.59. The number of carbonyl (C=O) groups excluding carboxylic acids is 3. The van der Waals surface area contributed by atoms with Gasteiger partial charge in [-0.1, -0.05) is 13.0 Å². The van der Waals surface area contributed by atoms with Gasteiger partial charge in [0.15, 0.2) is 12.2 Å². The van der Waals surface area contributed by atoms with Gasteiger partial charge in [-0.3, -0.25) is 9.59 Å². The maximum absolute atomic E-state index is 13.0. The summed E-state index contributed by atoms with van der Waals surface area (Å²) in [5, 5.41) is 44.0. The Hall–Kier alpha value is -2.73. The first-order chi connectivity index (χ1) is 19.5. The van der Waals surface area contributed by atoms with Gasteiger partial charge in [-0.15, -0.1) is 0 Å². The molecule has 7 N–H and O–H groups in total. The topological polar surface area (TPSA) is 189 Å². The molecular weight excluding hydrogens is 532 g/mol. The molecule has 5 rings (SSSR count). The van der Waals surface area contributed by atoms with Gasteiger partial charge in [0.1, 0.15) is 11.9 Å². The Morgan fingerprint density at radius 2 is 1.83 bits per heavy atom. The highest BCUT2D eigenvalue weighted by Crippen LogP contribution is 2.61. The van der Waals surface area contributed by atoms with Crippen molar-refractivity contribution < 1.29 is 44.3 Å². The van der Waals surface area contributed by atoms with Gasteiger partial charge in [0.2, 0.25) is 5.91 Å². The summed E-state index contributed by atoms with van der Waals surface area (Å²) >= 11 is 0. The Labute approximate surface area is 239 Å². The van der Waals surface area contributed by atoms with Crippen LogP contribution in [0, 0.1) is 23.2 Å². The number of hydrogen-bond donors (Lipinski definition) is 6. The summed E-state index contributed by atoms with van der Waals surface area (Å²) in [6.45, 7) is 2.13. The second-order valence-electron chi connectivity index (χ2n) is 12.6. The summed E-state index contributed by atoms with van der Waals surface area (Å²) in [5.41, 5.74) is 7.63. The Balaban J connectivity index is 1.19. The third kappa shape index (κ3) is 5.33. The van der Waals surface area contributed by atoms with E-state index in [0.29, 0.717) is 30.6 Å². The molecule has 0 spiro atoms. The van der Waals surface area contributed by atoms with Crippen LogP contribution in [0.1, 0.15) is 68.9 Å². The highest BCUT2D eigenvalue weighted by molar-refractivity contribution is 5.88. The molecule has 1 aromatic rings. The van der Waals surface area contributed by atoms with Crippen molar-refractivity contribution in [1.29, 1.82) is 0 Å². The van der Waals surface area contributed by atoms with E-state index in [9.17, 15) is 34.8 Å². The molecule has 1 aromatic carbocycles. The van der Waals surface area contributed by atoms with E-state index in [2.05, 4.69) is 12.2 Å². The Bertz CT molecular complexity index is 1180. The normalized spacial score (nSPS) is 37.6. The van der Waals surface area contributed by atoms with Crippen LogP contribution in [0.15, 0.2) is 18.2 Å². The van der Waals surface area contributed by atoms with Crippen molar-refractivity contribution in [3.05, 3.63) is 29.3 Å². The van der Waals surface area contributed by atoms with Gasteiger partial charge in [0, 0.05) is 12.5 Å². The van der Waals surface area contributed by atoms with Crippen LogP contribution in [0.25, 0.3) is 0 Å². The Morgan fingerprint density at radius 1 is 1.07 bits per heavy atom. The van der Waals surface area contributed by atoms with Gasteiger partial charge in [-0.2, -0.15) is 0 Å². The smallest absolute Gasteiger partial charge is 0.338 e. The van der Waals surface area contributed by atoms with Crippen LogP contribution in [0.3, 0.4) is 0 Å². The zero-order valence-corrected chi connectivity index (χ0v) is 23.6. The molecule has 4 aliphatic carbocycles. The fraction of sp³-hybridized carbons (Fsp3) is 0.700. The molecule has 11 unspecified atom stereocenters. The number of primary amides is 1. The van der Waals surface area contributed by atoms with Gasteiger partial charge < -0.3 is 41.0 Å². The summed E-state index contributed by atoms with van der Waals surface area (Å²) in [7, 11) is 1.40. The quantitative estimate of drug-likeness (QED) is 0.254. The predicted octanol–water partition coefficient (Wildman–Crippen LogP) is 0.638. The van der Waals surface area contributed by atoms with E-state index in [1.54, 1.807) is 6.07 Å². The number of methoxy groups -OCH3 is 1. The number of aliphatic hydroxyl groups excluding tert-OH is 3. The molecule has 11 heteroatoms. The lowest BCUT2D eigenvalue weighted by Gasteiger charge is -2.50. The maximum atomic E-state index is 13.0. The summed E-state index contributed by atoms with van der Waals surface area (Å²) in [5.74, 6) is -2.51. The van der Waals surface area contributed by atoms with Crippen LogP contribution in [-0.4, -0.2) is 81.9 Å². The molecule has 11 nitrogen and oxygen atoms in total. The van der Waals surface area contributed by atoms with Crippen LogP contribution in [0.4, 0.5) is 0 Å². The van der Waals surface area contributed by atoms with E-state index < -0.39 is 60.3 Å². The summed E-state index contributed by atoms with van der Waals surface area (Å²) in [6.07, 6.45) is -0.881. The number of benzene rings is 1. The van der Waals surface area contributed by atoms with Crippen molar-refractivity contribution >= 4 is 17.8 Å². The van der Waals surface area contributed by atoms with Crippen LogP contribution < -0.4 is 11.1 Å². The first-order valence-corrected chi connectivity index (χ1v) is 14.6. The van der Waals surface area contributed by atoms with Crippen molar-refractivity contribution in [3.8, 4) is 5.75 Å². The maximum Gasteiger partial charge on any atom is 0.338 e. The molecule has 3 saturated carbocycles. The van der Waals surface area contributed by atoms with Crippen molar-refractivity contribution in [1.82, 2.24) is 5.32 Å². The molecule has 0 aromatic heterocycles. The summed E-state index contributed by atoms with van der Waals surface area (Å²) in [6, 6.07) is 4.73. The second-order valence-corrected chi connectivity index (χ2v) is 12.6. The minimum Gasteiger partial charge on any atom is -0.508 e. The average molecular weight is 575 g/mol. The number of fused-ring (bicyclic) bond motifs is 5. The van der Waals surface area contributed by atoms with E-state index >= 15 is 0 Å². The van der Waals surface area contributed by atoms with Gasteiger partial charge in [0.25, 0.3) is 5.91 Å². The monoisotopic (exact) mass is 574 g/mol. The molecule has 0 bridgehead atoms. The zero-order chi connectivity index (χ0) is 29.6. The fourth-order valence-corrected chi connectivity index (χ4v) is 8.40. The number of rotatable bonds is 7. The SMILES string of the molecule is COC1CCC(NC(=O)C(O)C(O)C(=O)OC2CCC3C4CCc5cc(O)ccc5C4CCC23C)C(O)C1C(N)=O. The van der Waals surface area contributed by atoms with Gasteiger partial charge in [0.05, 0.1) is 24.2 Å². The summed E-state index contributed by atoms with van der Waals surface area (Å²) in [4.78, 5) is 37.5. The fourth-order valence-electron chi connectivity index (χ4n) is 8.40. The van der Waals surface area contributed by atoms with E-state index in [-0.39, 0.29) is 17.6 Å². The number of nitrogens with two attached hydrogens (primary N) is 1. The van der Waals surface area contributed by atoms with Gasteiger partial charge in [-0.05, 0) is 92.4 Å². The van der Waals surface area contributed by atoms with Crippen molar-refractivity contribution in [2.45, 2.75) is 101 Å². The van der Waals surface area contributed by atoms with E-state index in [1.165, 1.54) is 18.2 Å². The molecule has 2 amide bonds. The lowest BCUT2D eigenvalue weighted by molar-refractivity contribution is -0.175. The minimum atomic E-state index is -2.12. The van der Waals surface area contributed by atoms with Crippen molar-refractivity contribution in [3.63, 3.8) is 0 Å². The third-order valence-corrected chi connectivity index (χ3v) is 10.6. The molecule has 41 heavy (non-hydrogen) atoms. The van der Waals surface area contributed by atoms with E-state index in [1.807, 2.05) is 12.1 Å². The Morgan fingerprint density at radius 3 is 2.54 bits per heavy atom.